The van der Waals surface area contributed by atoms with Crippen LogP contribution >= 0.6 is 0 Å². The van der Waals surface area contributed by atoms with Gasteiger partial charge >= 0.3 is 0 Å². The second-order valence-corrected chi connectivity index (χ2v) is 15.6. The van der Waals surface area contributed by atoms with Crippen molar-refractivity contribution in [2.24, 2.45) is 51.2 Å². The van der Waals surface area contributed by atoms with Crippen molar-refractivity contribution in [3.8, 4) is 0 Å². The van der Waals surface area contributed by atoms with Crippen LogP contribution in [0.25, 0.3) is 0 Å². The molecule has 6 nitrogen and oxygen atoms in total. The van der Waals surface area contributed by atoms with Crippen LogP contribution in [0.1, 0.15) is 106 Å². The minimum atomic E-state index is -0.833. The fourth-order valence-electron chi connectivity index (χ4n) is 11.6. The Kier molecular flexibility index (Phi) is 6.52. The summed E-state index contributed by atoms with van der Waals surface area (Å²) in [7, 11) is 0. The fraction of sp³-hybridized carbons (Fsp3) is 0.968. The molecule has 6 fully saturated rings. The van der Waals surface area contributed by atoms with Crippen LogP contribution in [0, 0.1) is 51.2 Å². The molecule has 1 heterocycles. The van der Waals surface area contributed by atoms with E-state index in [0.29, 0.717) is 46.8 Å². The average molecular weight is 521 g/mol. The van der Waals surface area contributed by atoms with E-state index >= 15 is 0 Å². The van der Waals surface area contributed by atoms with Gasteiger partial charge in [-0.1, -0.05) is 27.7 Å². The zero-order chi connectivity index (χ0) is 27.3. The van der Waals surface area contributed by atoms with E-state index in [-0.39, 0.29) is 35.2 Å². The Bertz CT molecular complexity index is 906. The molecule has 6 rings (SSSR count). The molecule has 12 atom stereocenters. The van der Waals surface area contributed by atoms with Gasteiger partial charge in [-0.25, -0.2) is 0 Å². The summed E-state index contributed by atoms with van der Waals surface area (Å²) >= 11 is 0. The molecule has 37 heavy (non-hydrogen) atoms. The molecule has 0 bridgehead atoms. The van der Waals surface area contributed by atoms with Crippen LogP contribution in [0.3, 0.4) is 0 Å². The predicted octanol–water partition coefficient (Wildman–Crippen LogP) is 5.02. The van der Waals surface area contributed by atoms with E-state index in [2.05, 4.69) is 27.7 Å². The smallest absolute Gasteiger partial charge is 0.300 e. The molecule has 0 aromatic carbocycles. The maximum Gasteiger partial charge on any atom is 0.300 e. The molecule has 5 saturated carbocycles. The van der Waals surface area contributed by atoms with E-state index in [4.69, 9.17) is 14.6 Å². The van der Waals surface area contributed by atoms with E-state index in [1.807, 2.05) is 13.8 Å². The van der Waals surface area contributed by atoms with Gasteiger partial charge in [0.25, 0.3) is 5.97 Å². The lowest BCUT2D eigenvalue weighted by Gasteiger charge is -2.59. The molecular formula is C31H52O6. The Balaban J connectivity index is 0.000000655. The normalized spacial score (nSPS) is 53.3. The van der Waals surface area contributed by atoms with Gasteiger partial charge in [-0.05, 0) is 116 Å². The van der Waals surface area contributed by atoms with E-state index < -0.39 is 11.6 Å². The predicted molar refractivity (Wildman–Crippen MR) is 142 cm³/mol. The summed E-state index contributed by atoms with van der Waals surface area (Å²) in [4.78, 5) is 9.00. The molecular weight excluding hydrogens is 468 g/mol. The number of carbonyl (C=O) groups is 1. The Morgan fingerprint density at radius 3 is 2.27 bits per heavy atom. The third kappa shape index (κ3) is 3.97. The summed E-state index contributed by atoms with van der Waals surface area (Å²) in [5.74, 6) is 1.66. The number of ether oxygens (including phenoxy) is 1. The van der Waals surface area contributed by atoms with Crippen LogP contribution in [0.5, 0.6) is 0 Å². The first kappa shape index (κ1) is 27.9. The van der Waals surface area contributed by atoms with E-state index in [1.165, 1.54) is 38.5 Å². The molecule has 1 aliphatic heterocycles. The van der Waals surface area contributed by atoms with E-state index in [9.17, 15) is 15.3 Å². The summed E-state index contributed by atoms with van der Waals surface area (Å²) < 4.78 is 6.66. The topological polar surface area (TPSA) is 107 Å². The SMILES string of the molecule is CC(=O)O.CC1CC(CC(C)(C)O)OC2C(O)C3C4CCC5C(C)(C)C(O)CCC56CC46CCC3(C)C12. The van der Waals surface area contributed by atoms with Crippen molar-refractivity contribution >= 4 is 5.97 Å². The van der Waals surface area contributed by atoms with Crippen LogP contribution in [0.15, 0.2) is 0 Å². The number of fused-ring (bicyclic) bond motifs is 4. The van der Waals surface area contributed by atoms with Crippen molar-refractivity contribution in [3.63, 3.8) is 0 Å². The number of aliphatic carboxylic acids is 1. The highest BCUT2D eigenvalue weighted by atomic mass is 16.5. The van der Waals surface area contributed by atoms with Gasteiger partial charge in [0.05, 0.1) is 30.0 Å². The van der Waals surface area contributed by atoms with Crippen molar-refractivity contribution in [3.05, 3.63) is 0 Å². The quantitative estimate of drug-likeness (QED) is 0.407. The molecule has 4 N–H and O–H groups in total. The maximum atomic E-state index is 11.9. The van der Waals surface area contributed by atoms with Gasteiger partial charge < -0.3 is 25.2 Å². The van der Waals surface area contributed by atoms with Gasteiger partial charge in [-0.15, -0.1) is 0 Å². The second kappa shape index (κ2) is 8.65. The molecule has 5 aliphatic carbocycles. The van der Waals surface area contributed by atoms with E-state index in [0.717, 1.165) is 19.8 Å². The molecule has 6 aliphatic rings. The number of carboxylic acids is 1. The minimum absolute atomic E-state index is 0.0116. The van der Waals surface area contributed by atoms with Gasteiger partial charge in [0.15, 0.2) is 0 Å². The Hall–Kier alpha value is -0.690. The summed E-state index contributed by atoms with van der Waals surface area (Å²) in [6.45, 7) is 14.3. The monoisotopic (exact) mass is 520 g/mol. The van der Waals surface area contributed by atoms with Gasteiger partial charge in [-0.2, -0.15) is 0 Å². The van der Waals surface area contributed by atoms with Crippen molar-refractivity contribution in [2.75, 3.05) is 0 Å². The first-order valence-electron chi connectivity index (χ1n) is 14.9. The highest BCUT2D eigenvalue weighted by Crippen LogP contribution is 2.87. The van der Waals surface area contributed by atoms with Crippen LogP contribution in [-0.2, 0) is 9.53 Å². The van der Waals surface area contributed by atoms with Crippen LogP contribution in [0.2, 0.25) is 0 Å². The van der Waals surface area contributed by atoms with Gasteiger partial charge in [0.1, 0.15) is 0 Å². The highest BCUT2D eigenvalue weighted by molar-refractivity contribution is 5.62. The summed E-state index contributed by atoms with van der Waals surface area (Å²) in [6.07, 6.45) is 9.46. The first-order valence-corrected chi connectivity index (χ1v) is 14.9. The Labute approximate surface area is 223 Å². The number of aliphatic hydroxyl groups excluding tert-OH is 2. The molecule has 212 valence electrons. The van der Waals surface area contributed by atoms with Crippen LogP contribution in [-0.4, -0.2) is 56.4 Å². The lowest BCUT2D eigenvalue weighted by Crippen LogP contribution is -2.55. The molecule has 0 aromatic rings. The van der Waals surface area contributed by atoms with Gasteiger partial charge in [0.2, 0.25) is 0 Å². The van der Waals surface area contributed by atoms with Crippen molar-refractivity contribution < 1.29 is 30.0 Å². The van der Waals surface area contributed by atoms with Crippen molar-refractivity contribution in [1.29, 1.82) is 0 Å². The number of hydrogen-bond donors (Lipinski definition) is 4. The Morgan fingerprint density at radius 1 is 1.00 bits per heavy atom. The number of rotatable bonds is 2. The number of carboxylic acid groups (broad SMARTS) is 1. The molecule has 12 unspecified atom stereocenters. The minimum Gasteiger partial charge on any atom is -0.481 e. The fourth-order valence-corrected chi connectivity index (χ4v) is 11.6. The summed E-state index contributed by atoms with van der Waals surface area (Å²) in [5, 5.41) is 40.6. The Morgan fingerprint density at radius 2 is 1.65 bits per heavy atom. The zero-order valence-electron chi connectivity index (χ0n) is 24.2. The van der Waals surface area contributed by atoms with Gasteiger partial charge in [-0.3, -0.25) is 4.79 Å². The summed E-state index contributed by atoms with van der Waals surface area (Å²) in [6, 6.07) is 0. The molecule has 0 amide bonds. The molecule has 2 spiro atoms. The highest BCUT2D eigenvalue weighted by Gasteiger charge is 2.81. The number of hydrogen-bond acceptors (Lipinski definition) is 5. The number of aliphatic hydroxyl groups is 3. The maximum absolute atomic E-state index is 11.9. The molecule has 0 radical (unpaired) electrons. The van der Waals surface area contributed by atoms with Crippen LogP contribution in [0.4, 0.5) is 0 Å². The van der Waals surface area contributed by atoms with Crippen molar-refractivity contribution in [1.82, 2.24) is 0 Å². The molecule has 6 heteroatoms. The first-order chi connectivity index (χ1) is 17.0. The van der Waals surface area contributed by atoms with Gasteiger partial charge in [0, 0.05) is 13.3 Å². The standard InChI is InChI=1S/C29H48O4.C2H4O2/c1-16-13-17(14-25(2,3)32)33-24-21(16)27(6)11-12-28-15-29(28)10-9-20(30)26(4,5)19(29)8-7-18(28)22(27)23(24)31;1-2(3)4/h16-24,30-32H,7-15H2,1-6H3;1H3,(H,3,4). The second-order valence-electron chi connectivity index (χ2n) is 15.6. The third-order valence-electron chi connectivity index (χ3n) is 12.7. The van der Waals surface area contributed by atoms with Crippen LogP contribution < -0.4 is 0 Å². The lowest BCUT2D eigenvalue weighted by molar-refractivity contribution is -0.155. The lowest BCUT2D eigenvalue weighted by atomic mass is 9.46. The summed E-state index contributed by atoms with van der Waals surface area (Å²) in [5.41, 5.74) is 0.223. The molecule has 1 saturated heterocycles. The van der Waals surface area contributed by atoms with E-state index in [1.54, 1.807) is 0 Å². The third-order valence-corrected chi connectivity index (χ3v) is 12.7. The van der Waals surface area contributed by atoms with Crippen molar-refractivity contribution in [2.45, 2.75) is 136 Å². The largest absolute Gasteiger partial charge is 0.481 e. The average Bonchev–Trinajstić information content (AvgIpc) is 3.36. The molecule has 0 aromatic heterocycles. The zero-order valence-corrected chi connectivity index (χ0v) is 24.2.